The number of amides is 2. The Labute approximate surface area is 235 Å². The van der Waals surface area contributed by atoms with E-state index >= 15 is 0 Å². The van der Waals surface area contributed by atoms with Gasteiger partial charge in [-0.1, -0.05) is 41.9 Å². The van der Waals surface area contributed by atoms with Crippen molar-refractivity contribution in [3.05, 3.63) is 70.0 Å². The number of nitriles is 1. The molecule has 0 saturated carbocycles. The summed E-state index contributed by atoms with van der Waals surface area (Å²) in [6.45, 7) is 4.99. The highest BCUT2D eigenvalue weighted by Crippen LogP contribution is 2.38. The topological polar surface area (TPSA) is 136 Å². The summed E-state index contributed by atoms with van der Waals surface area (Å²) in [5.41, 5.74) is 3.35. The van der Waals surface area contributed by atoms with Gasteiger partial charge in [0, 0.05) is 19.2 Å². The van der Waals surface area contributed by atoms with Gasteiger partial charge >= 0.3 is 6.09 Å². The van der Waals surface area contributed by atoms with Gasteiger partial charge in [-0.2, -0.15) is 10.4 Å². The number of halogens is 1. The average molecular weight is 562 g/mol. The number of nitrogens with one attached hydrogen (secondary N) is 2. The molecule has 1 aliphatic heterocycles. The number of rotatable bonds is 9. The fraction of sp³-hybridized carbons (Fsp3) is 0.321. The Bertz CT molecular complexity index is 1610. The van der Waals surface area contributed by atoms with Crippen LogP contribution >= 0.6 is 11.6 Å². The Morgan fingerprint density at radius 3 is 2.83 bits per heavy atom. The lowest BCUT2D eigenvalue weighted by molar-refractivity contribution is 0.101. The van der Waals surface area contributed by atoms with Crippen LogP contribution in [0.5, 0.6) is 5.75 Å². The minimum atomic E-state index is -0.490. The first kappa shape index (κ1) is 27.0. The number of ether oxygens (including phenoxy) is 2. The molecule has 1 atom stereocenters. The molecule has 12 heteroatoms. The first-order valence-electron chi connectivity index (χ1n) is 13.0. The number of carbonyl (C=O) groups excluding carboxylic acids is 2. The van der Waals surface area contributed by atoms with Gasteiger partial charge in [-0.25, -0.2) is 9.78 Å². The van der Waals surface area contributed by atoms with Gasteiger partial charge in [0.15, 0.2) is 0 Å². The molecule has 0 aliphatic carbocycles. The van der Waals surface area contributed by atoms with Crippen LogP contribution in [0.15, 0.2) is 42.5 Å². The zero-order valence-corrected chi connectivity index (χ0v) is 22.9. The van der Waals surface area contributed by atoms with E-state index in [1.165, 1.54) is 0 Å². The molecule has 11 nitrogen and oxygen atoms in total. The molecule has 206 valence electrons. The number of benzene rings is 2. The van der Waals surface area contributed by atoms with Crippen LogP contribution in [0, 0.1) is 18.3 Å². The molecule has 3 heterocycles. The maximum atomic E-state index is 13.4. The van der Waals surface area contributed by atoms with Crippen molar-refractivity contribution in [3.8, 4) is 11.8 Å². The van der Waals surface area contributed by atoms with Crippen LogP contribution in [0.2, 0.25) is 5.02 Å². The van der Waals surface area contributed by atoms with Gasteiger partial charge < -0.3 is 19.4 Å². The van der Waals surface area contributed by atoms with Crippen molar-refractivity contribution in [2.75, 3.05) is 18.5 Å². The number of imidazole rings is 1. The zero-order chi connectivity index (χ0) is 28.2. The second-order valence-electron chi connectivity index (χ2n) is 9.37. The van der Waals surface area contributed by atoms with Crippen LogP contribution in [-0.4, -0.2) is 44.5 Å². The summed E-state index contributed by atoms with van der Waals surface area (Å²) in [5.74, 6) is 0.403. The summed E-state index contributed by atoms with van der Waals surface area (Å²) < 4.78 is 14.8. The first-order valence-corrected chi connectivity index (χ1v) is 13.3. The van der Waals surface area contributed by atoms with Crippen LogP contribution in [0.1, 0.15) is 53.1 Å². The van der Waals surface area contributed by atoms with Crippen LogP contribution < -0.4 is 15.4 Å². The van der Waals surface area contributed by atoms with E-state index in [0.717, 1.165) is 5.56 Å². The molecule has 0 radical (unpaired) electrons. The molecule has 2 aromatic heterocycles. The van der Waals surface area contributed by atoms with Crippen LogP contribution in [-0.2, 0) is 17.9 Å². The Balaban J connectivity index is 1.32. The van der Waals surface area contributed by atoms with Crippen LogP contribution in [0.25, 0.3) is 11.0 Å². The third-order valence-corrected chi connectivity index (χ3v) is 7.12. The van der Waals surface area contributed by atoms with Gasteiger partial charge in [-0.05, 0) is 38.3 Å². The summed E-state index contributed by atoms with van der Waals surface area (Å²) in [5, 5.41) is 19.8. The van der Waals surface area contributed by atoms with Crippen LogP contribution in [0.3, 0.4) is 0 Å². The van der Waals surface area contributed by atoms with Gasteiger partial charge in [-0.15, -0.1) is 0 Å². The lowest BCUT2D eigenvalue weighted by Crippen LogP contribution is -2.28. The number of hydrogen-bond acceptors (Lipinski definition) is 7. The molecule has 5 rings (SSSR count). The number of aryl methyl sites for hydroxylation is 2. The molecule has 2 N–H and O–H groups in total. The summed E-state index contributed by atoms with van der Waals surface area (Å²) in [7, 11) is 0. The van der Waals surface area contributed by atoms with Crippen molar-refractivity contribution in [2.45, 2.75) is 45.9 Å². The van der Waals surface area contributed by atoms with E-state index in [9.17, 15) is 14.9 Å². The number of aromatic nitrogens is 4. The Kier molecular flexibility index (Phi) is 7.89. The third kappa shape index (κ3) is 5.44. The summed E-state index contributed by atoms with van der Waals surface area (Å²) in [6, 6.07) is 14.7. The van der Waals surface area contributed by atoms with Crippen LogP contribution in [0.4, 0.5) is 10.7 Å². The Morgan fingerprint density at radius 2 is 2.08 bits per heavy atom. The highest BCUT2D eigenvalue weighted by molar-refractivity contribution is 6.34. The van der Waals surface area contributed by atoms with Gasteiger partial charge in [0.2, 0.25) is 5.95 Å². The standard InChI is InChI=1S/C28H28ClN7O4/c1-3-35-25(23(29)17(2)34-35)26(37)33-27-32-21-12-19(14-30)13-22-24(21)36(27)20(16-39-22)10-7-11-31-28(38)40-15-18-8-5-4-6-9-18/h4-6,8-9,12-13,20H,3,7,10-11,15-16H2,1-2H3,(H,31,38)(H,32,33,37)/t20-/m0/s1. The number of nitrogens with zero attached hydrogens (tertiary/aromatic N) is 5. The lowest BCUT2D eigenvalue weighted by atomic mass is 10.1. The number of anilines is 1. The molecule has 2 amide bonds. The first-order chi connectivity index (χ1) is 19.4. The molecule has 40 heavy (non-hydrogen) atoms. The smallest absolute Gasteiger partial charge is 0.407 e. The Morgan fingerprint density at radius 1 is 1.27 bits per heavy atom. The minimum Gasteiger partial charge on any atom is -0.489 e. The van der Waals surface area contributed by atoms with E-state index in [4.69, 9.17) is 21.1 Å². The SMILES string of the molecule is CCn1nc(C)c(Cl)c1C(=O)Nc1nc2cc(C#N)cc3c2n1[C@@H](CCCNC(=O)OCc1ccccc1)CO3. The van der Waals surface area contributed by atoms with E-state index in [2.05, 4.69) is 26.8 Å². The highest BCUT2D eigenvalue weighted by Gasteiger charge is 2.29. The minimum absolute atomic E-state index is 0.184. The monoisotopic (exact) mass is 561 g/mol. The van der Waals surface area contributed by atoms with Gasteiger partial charge in [-0.3, -0.25) is 14.8 Å². The maximum absolute atomic E-state index is 13.4. The molecule has 0 saturated heterocycles. The summed E-state index contributed by atoms with van der Waals surface area (Å²) >= 11 is 6.41. The fourth-order valence-electron chi connectivity index (χ4n) is 4.75. The quantitative estimate of drug-likeness (QED) is 0.275. The molecule has 0 unspecified atom stereocenters. The predicted octanol–water partition coefficient (Wildman–Crippen LogP) is 4.98. The summed E-state index contributed by atoms with van der Waals surface area (Å²) in [4.78, 5) is 30.1. The highest BCUT2D eigenvalue weighted by atomic mass is 35.5. The van der Waals surface area contributed by atoms with Crippen molar-refractivity contribution >= 4 is 40.6 Å². The molecular weight excluding hydrogens is 534 g/mol. The molecule has 0 bridgehead atoms. The maximum Gasteiger partial charge on any atom is 0.407 e. The van der Waals surface area contributed by atoms with Gasteiger partial charge in [0.25, 0.3) is 5.91 Å². The number of carbonyl (C=O) groups is 2. The second-order valence-corrected chi connectivity index (χ2v) is 9.75. The number of hydrogen-bond donors (Lipinski definition) is 2. The van der Waals surface area contributed by atoms with Crippen molar-refractivity contribution in [1.29, 1.82) is 5.26 Å². The van der Waals surface area contributed by atoms with E-state index in [1.54, 1.807) is 23.7 Å². The third-order valence-electron chi connectivity index (χ3n) is 6.67. The largest absolute Gasteiger partial charge is 0.489 e. The molecule has 2 aromatic carbocycles. The van der Waals surface area contributed by atoms with Gasteiger partial charge in [0.05, 0.1) is 33.9 Å². The summed E-state index contributed by atoms with van der Waals surface area (Å²) in [6.07, 6.45) is 0.760. The molecule has 4 aromatic rings. The van der Waals surface area contributed by atoms with E-state index < -0.39 is 12.0 Å². The van der Waals surface area contributed by atoms with E-state index in [-0.39, 0.29) is 23.4 Å². The van der Waals surface area contributed by atoms with E-state index in [1.807, 2.05) is 41.8 Å². The fourth-order valence-corrected chi connectivity index (χ4v) is 4.98. The second kappa shape index (κ2) is 11.7. The zero-order valence-electron chi connectivity index (χ0n) is 22.1. The number of alkyl carbamates (subject to hydrolysis) is 1. The van der Waals surface area contributed by atoms with Crippen molar-refractivity contribution in [1.82, 2.24) is 24.6 Å². The average Bonchev–Trinajstić information content (AvgIpc) is 3.48. The lowest BCUT2D eigenvalue weighted by Gasteiger charge is -2.27. The van der Waals surface area contributed by atoms with Crippen molar-refractivity contribution in [2.24, 2.45) is 0 Å². The Hall–Kier alpha value is -4.56. The predicted molar refractivity (Wildman–Crippen MR) is 148 cm³/mol. The van der Waals surface area contributed by atoms with Crippen molar-refractivity contribution < 1.29 is 19.1 Å². The van der Waals surface area contributed by atoms with E-state index in [0.29, 0.717) is 66.5 Å². The normalized spacial score (nSPS) is 13.9. The molecule has 1 aliphatic rings. The van der Waals surface area contributed by atoms with Crippen molar-refractivity contribution in [3.63, 3.8) is 0 Å². The van der Waals surface area contributed by atoms with Gasteiger partial charge in [0.1, 0.15) is 30.2 Å². The molecular formula is C28H28ClN7O4. The molecule has 0 fully saturated rings. The molecule has 0 spiro atoms.